The van der Waals surface area contributed by atoms with Crippen LogP contribution in [-0.4, -0.2) is 21.3 Å². The van der Waals surface area contributed by atoms with Gasteiger partial charge in [0, 0.05) is 9.86 Å². The maximum absolute atomic E-state index is 11.0. The van der Waals surface area contributed by atoms with Gasteiger partial charge in [-0.2, -0.15) is 5.10 Å². The van der Waals surface area contributed by atoms with Crippen molar-refractivity contribution in [2.45, 2.75) is 0 Å². The highest BCUT2D eigenvalue weighted by molar-refractivity contribution is 14.1. The third-order valence-corrected chi connectivity index (χ3v) is 3.05. The predicted octanol–water partition coefficient (Wildman–Crippen LogP) is 2.63. The lowest BCUT2D eigenvalue weighted by atomic mass is 10.1. The number of H-pyrrole nitrogens is 1. The van der Waals surface area contributed by atoms with Crippen molar-refractivity contribution < 1.29 is 9.90 Å². The number of carbonyl (C=O) groups is 1. The number of rotatable bonds is 1. The normalized spacial score (nSPS) is 10.7. The minimum Gasteiger partial charge on any atom is -0.478 e. The number of benzene rings is 1. The summed E-state index contributed by atoms with van der Waals surface area (Å²) >= 11 is 5.27. The first-order valence-corrected chi connectivity index (χ1v) is 5.53. The molecule has 4 nitrogen and oxygen atoms in total. The summed E-state index contributed by atoms with van der Waals surface area (Å²) in [6, 6.07) is 3.35. The minimum absolute atomic E-state index is 0.257. The Kier molecular flexibility index (Phi) is 2.48. The molecule has 0 radical (unpaired) electrons. The van der Waals surface area contributed by atoms with Crippen molar-refractivity contribution in [2.75, 3.05) is 0 Å². The van der Waals surface area contributed by atoms with E-state index in [9.17, 15) is 4.79 Å². The van der Waals surface area contributed by atoms with Gasteiger partial charge in [0.25, 0.3) is 0 Å². The molecule has 0 bridgehead atoms. The highest BCUT2D eigenvalue weighted by Crippen LogP contribution is 2.26. The maximum Gasteiger partial charge on any atom is 0.336 e. The van der Waals surface area contributed by atoms with Crippen LogP contribution in [0.25, 0.3) is 10.9 Å². The predicted molar refractivity (Wildman–Crippen MR) is 63.5 cm³/mol. The summed E-state index contributed by atoms with van der Waals surface area (Å²) in [4.78, 5) is 11.0. The van der Waals surface area contributed by atoms with E-state index in [0.29, 0.717) is 15.4 Å². The van der Waals surface area contributed by atoms with Gasteiger partial charge >= 0.3 is 5.97 Å². The second kappa shape index (κ2) is 3.50. The summed E-state index contributed by atoms with van der Waals surface area (Å²) in [5, 5.41) is 16.4. The third kappa shape index (κ3) is 1.52. The zero-order valence-electron chi connectivity index (χ0n) is 6.71. The Labute approximate surface area is 101 Å². The molecule has 1 aromatic carbocycles. The molecule has 0 saturated heterocycles. The van der Waals surface area contributed by atoms with Gasteiger partial charge in [-0.1, -0.05) is 15.9 Å². The molecule has 1 heterocycles. The molecule has 14 heavy (non-hydrogen) atoms. The van der Waals surface area contributed by atoms with Crippen LogP contribution in [0.5, 0.6) is 0 Å². The van der Waals surface area contributed by atoms with Crippen molar-refractivity contribution in [3.8, 4) is 0 Å². The Bertz CT molecular complexity index is 523. The summed E-state index contributed by atoms with van der Waals surface area (Å²) in [5.41, 5.74) is 0.911. The van der Waals surface area contributed by atoms with Crippen LogP contribution in [0.3, 0.4) is 0 Å². The van der Waals surface area contributed by atoms with Gasteiger partial charge in [0.15, 0.2) is 0 Å². The number of aromatic amines is 1. The van der Waals surface area contributed by atoms with E-state index < -0.39 is 5.97 Å². The number of fused-ring (bicyclic) bond motifs is 1. The third-order valence-electron chi connectivity index (χ3n) is 1.81. The van der Waals surface area contributed by atoms with E-state index in [0.717, 1.165) is 3.70 Å². The second-order valence-electron chi connectivity index (χ2n) is 2.69. The van der Waals surface area contributed by atoms with Gasteiger partial charge in [0.1, 0.15) is 3.70 Å². The average Bonchev–Trinajstić information content (AvgIpc) is 2.46. The fraction of sp³-hybridized carbons (Fsp3) is 0. The Morgan fingerprint density at radius 2 is 2.29 bits per heavy atom. The first-order chi connectivity index (χ1) is 6.59. The van der Waals surface area contributed by atoms with E-state index in [-0.39, 0.29) is 5.56 Å². The van der Waals surface area contributed by atoms with E-state index in [1.54, 1.807) is 12.1 Å². The number of carboxylic acid groups (broad SMARTS) is 1. The van der Waals surface area contributed by atoms with Gasteiger partial charge in [0.2, 0.25) is 0 Å². The monoisotopic (exact) mass is 366 g/mol. The number of nitrogens with one attached hydrogen (secondary N) is 1. The average molecular weight is 367 g/mol. The zero-order chi connectivity index (χ0) is 10.3. The van der Waals surface area contributed by atoms with Crippen molar-refractivity contribution >= 4 is 55.4 Å². The molecule has 0 aliphatic rings. The topological polar surface area (TPSA) is 66.0 Å². The number of aromatic carboxylic acids is 1. The quantitative estimate of drug-likeness (QED) is 0.762. The van der Waals surface area contributed by atoms with Crippen LogP contribution >= 0.6 is 38.5 Å². The Morgan fingerprint density at radius 1 is 1.57 bits per heavy atom. The standard InChI is InChI=1S/C8H4BrIN2O2/c9-3-1-4(8(13)14)6-5(2-3)11-12-7(6)10/h1-2H,(H,11,12)(H,13,14). The molecule has 1 aromatic heterocycles. The van der Waals surface area contributed by atoms with Crippen molar-refractivity contribution in [2.24, 2.45) is 0 Å². The molecule has 0 amide bonds. The SMILES string of the molecule is O=C(O)c1cc(Br)cc2n[nH]c(I)c12. The lowest BCUT2D eigenvalue weighted by molar-refractivity contribution is 0.0699. The number of aromatic nitrogens is 2. The molecule has 2 rings (SSSR count). The molecule has 0 aliphatic carbocycles. The number of hydrogen-bond acceptors (Lipinski definition) is 2. The summed E-state index contributed by atoms with van der Waals surface area (Å²) in [6.45, 7) is 0. The molecule has 0 fully saturated rings. The minimum atomic E-state index is -0.949. The second-order valence-corrected chi connectivity index (χ2v) is 4.68. The molecule has 0 unspecified atom stereocenters. The molecular weight excluding hydrogens is 363 g/mol. The van der Waals surface area contributed by atoms with Crippen molar-refractivity contribution in [3.63, 3.8) is 0 Å². The van der Waals surface area contributed by atoms with Gasteiger partial charge in [-0.25, -0.2) is 4.79 Å². The molecule has 0 spiro atoms. The van der Waals surface area contributed by atoms with E-state index in [1.807, 2.05) is 22.6 Å². The van der Waals surface area contributed by atoms with Crippen LogP contribution in [0, 0.1) is 3.70 Å². The summed E-state index contributed by atoms with van der Waals surface area (Å²) in [6.07, 6.45) is 0. The fourth-order valence-corrected chi connectivity index (χ4v) is 2.38. The Balaban J connectivity index is 2.90. The zero-order valence-corrected chi connectivity index (χ0v) is 10.5. The number of nitrogens with zero attached hydrogens (tertiary/aromatic N) is 1. The first-order valence-electron chi connectivity index (χ1n) is 3.66. The van der Waals surface area contributed by atoms with Crippen LogP contribution in [0.15, 0.2) is 16.6 Å². The van der Waals surface area contributed by atoms with Gasteiger partial charge in [-0.15, -0.1) is 0 Å². The number of hydrogen-bond donors (Lipinski definition) is 2. The highest BCUT2D eigenvalue weighted by Gasteiger charge is 2.14. The summed E-state index contributed by atoms with van der Waals surface area (Å²) in [5.74, 6) is -0.949. The molecule has 2 N–H and O–H groups in total. The van der Waals surface area contributed by atoms with E-state index in [2.05, 4.69) is 26.1 Å². The maximum atomic E-state index is 11.0. The Morgan fingerprint density at radius 3 is 2.93 bits per heavy atom. The van der Waals surface area contributed by atoms with Gasteiger partial charge in [0.05, 0.1) is 11.1 Å². The van der Waals surface area contributed by atoms with Gasteiger partial charge in [-0.05, 0) is 34.7 Å². The van der Waals surface area contributed by atoms with E-state index in [4.69, 9.17) is 5.11 Å². The molecule has 0 saturated carbocycles. The Hall–Kier alpha value is -0.630. The fourth-order valence-electron chi connectivity index (χ4n) is 1.25. The van der Waals surface area contributed by atoms with Crippen molar-refractivity contribution in [1.82, 2.24) is 10.2 Å². The largest absolute Gasteiger partial charge is 0.478 e. The van der Waals surface area contributed by atoms with Gasteiger partial charge in [-0.3, -0.25) is 5.10 Å². The van der Waals surface area contributed by atoms with Crippen molar-refractivity contribution in [1.29, 1.82) is 0 Å². The van der Waals surface area contributed by atoms with Gasteiger partial charge < -0.3 is 5.11 Å². The van der Waals surface area contributed by atoms with Crippen LogP contribution in [0.1, 0.15) is 10.4 Å². The van der Waals surface area contributed by atoms with E-state index >= 15 is 0 Å². The lowest BCUT2D eigenvalue weighted by Crippen LogP contribution is -1.97. The van der Waals surface area contributed by atoms with Crippen LogP contribution in [0.4, 0.5) is 0 Å². The molecule has 2 aromatic rings. The molecule has 72 valence electrons. The van der Waals surface area contributed by atoms with Crippen LogP contribution in [0.2, 0.25) is 0 Å². The number of carboxylic acids is 1. The number of halogens is 2. The first kappa shape index (κ1) is 9.91. The van der Waals surface area contributed by atoms with Crippen LogP contribution < -0.4 is 0 Å². The molecule has 0 aliphatic heterocycles. The highest BCUT2D eigenvalue weighted by atomic mass is 127. The smallest absolute Gasteiger partial charge is 0.336 e. The molecule has 0 atom stereocenters. The lowest BCUT2D eigenvalue weighted by Gasteiger charge is -1.98. The molecule has 6 heteroatoms. The summed E-state index contributed by atoms with van der Waals surface area (Å²) < 4.78 is 1.45. The summed E-state index contributed by atoms with van der Waals surface area (Å²) in [7, 11) is 0. The van der Waals surface area contributed by atoms with Crippen molar-refractivity contribution in [3.05, 3.63) is 25.9 Å². The van der Waals surface area contributed by atoms with E-state index in [1.165, 1.54) is 0 Å². The van der Waals surface area contributed by atoms with Crippen LogP contribution in [-0.2, 0) is 0 Å². The molecular formula is C8H4BrIN2O2.